The minimum absolute atomic E-state index is 0.615. The Labute approximate surface area is 354 Å². The van der Waals surface area contributed by atoms with E-state index in [0.29, 0.717) is 17.5 Å². The third-order valence-corrected chi connectivity index (χ3v) is 11.5. The molecule has 0 N–H and O–H groups in total. The van der Waals surface area contributed by atoms with E-state index in [1.165, 1.54) is 38.6 Å². The predicted molar refractivity (Wildman–Crippen MR) is 252 cm³/mol. The summed E-state index contributed by atoms with van der Waals surface area (Å²) >= 11 is 0. The molecule has 0 fully saturated rings. The second kappa shape index (κ2) is 15.5. The van der Waals surface area contributed by atoms with Crippen molar-refractivity contribution in [2.24, 2.45) is 0 Å². The molecular formula is C57H38N4. The molecule has 11 rings (SSSR count). The van der Waals surface area contributed by atoms with Crippen LogP contribution >= 0.6 is 0 Å². The Balaban J connectivity index is 1.02. The quantitative estimate of drug-likeness (QED) is 0.154. The summed E-state index contributed by atoms with van der Waals surface area (Å²) < 4.78 is 2.36. The fraction of sp³-hybridized carbons (Fsp3) is 0. The molecule has 0 aliphatic carbocycles. The van der Waals surface area contributed by atoms with E-state index in [1.54, 1.807) is 0 Å². The molecule has 61 heavy (non-hydrogen) atoms. The van der Waals surface area contributed by atoms with Gasteiger partial charge in [0.15, 0.2) is 17.5 Å². The molecule has 0 bridgehead atoms. The van der Waals surface area contributed by atoms with Gasteiger partial charge in [-0.1, -0.05) is 206 Å². The second-order valence-corrected chi connectivity index (χ2v) is 15.3. The van der Waals surface area contributed by atoms with Crippen molar-refractivity contribution in [3.63, 3.8) is 0 Å². The molecule has 0 aliphatic heterocycles. The zero-order valence-electron chi connectivity index (χ0n) is 33.2. The lowest BCUT2D eigenvalue weighted by Gasteiger charge is -2.12. The minimum atomic E-state index is 0.615. The van der Waals surface area contributed by atoms with Crippen molar-refractivity contribution in [3.8, 4) is 84.4 Å². The van der Waals surface area contributed by atoms with E-state index in [0.717, 1.165) is 50.1 Å². The van der Waals surface area contributed by atoms with E-state index in [4.69, 9.17) is 15.0 Å². The number of para-hydroxylation sites is 1. The molecule has 0 radical (unpaired) electrons. The highest BCUT2D eigenvalue weighted by molar-refractivity contribution is 6.10. The zero-order chi connectivity index (χ0) is 40.5. The van der Waals surface area contributed by atoms with Crippen molar-refractivity contribution in [1.82, 2.24) is 19.5 Å². The molecule has 4 heteroatoms. The zero-order valence-corrected chi connectivity index (χ0v) is 33.2. The summed E-state index contributed by atoms with van der Waals surface area (Å²) in [5.74, 6) is 1.86. The Hall–Kier alpha value is -8.21. The molecule has 9 aromatic carbocycles. The van der Waals surface area contributed by atoms with Crippen molar-refractivity contribution in [2.75, 3.05) is 0 Å². The van der Waals surface area contributed by atoms with Gasteiger partial charge >= 0.3 is 0 Å². The first-order valence-corrected chi connectivity index (χ1v) is 20.6. The third-order valence-electron chi connectivity index (χ3n) is 11.5. The Morgan fingerprint density at radius 1 is 0.230 bits per heavy atom. The van der Waals surface area contributed by atoms with Crippen LogP contribution in [0.5, 0.6) is 0 Å². The van der Waals surface area contributed by atoms with Crippen molar-refractivity contribution in [1.29, 1.82) is 0 Å². The van der Waals surface area contributed by atoms with E-state index in [2.05, 4.69) is 223 Å². The van der Waals surface area contributed by atoms with Crippen LogP contribution in [0, 0.1) is 0 Å². The van der Waals surface area contributed by atoms with Crippen molar-refractivity contribution >= 4 is 21.8 Å². The molecule has 286 valence electrons. The Morgan fingerprint density at radius 3 is 1.10 bits per heavy atom. The maximum absolute atomic E-state index is 5.20. The van der Waals surface area contributed by atoms with Crippen LogP contribution in [0.1, 0.15) is 0 Å². The summed E-state index contributed by atoms with van der Waals surface area (Å²) in [7, 11) is 0. The Bertz CT molecular complexity index is 3300. The summed E-state index contributed by atoms with van der Waals surface area (Å²) in [4.78, 5) is 15.5. The smallest absolute Gasteiger partial charge is 0.164 e. The Morgan fingerprint density at radius 2 is 0.590 bits per heavy atom. The van der Waals surface area contributed by atoms with Crippen LogP contribution in [0.15, 0.2) is 231 Å². The van der Waals surface area contributed by atoms with Crippen LogP contribution in [0.2, 0.25) is 0 Å². The third kappa shape index (κ3) is 6.96. The molecular weight excluding hydrogens is 741 g/mol. The lowest BCUT2D eigenvalue weighted by atomic mass is 9.99. The van der Waals surface area contributed by atoms with Crippen molar-refractivity contribution < 1.29 is 0 Å². The molecule has 2 aromatic heterocycles. The van der Waals surface area contributed by atoms with Gasteiger partial charge in [0.25, 0.3) is 0 Å². The Kier molecular flexibility index (Phi) is 9.14. The number of aromatic nitrogens is 4. The van der Waals surface area contributed by atoms with Crippen LogP contribution in [-0.2, 0) is 0 Å². The molecule has 11 aromatic rings. The fourth-order valence-corrected chi connectivity index (χ4v) is 8.35. The van der Waals surface area contributed by atoms with Gasteiger partial charge in [0, 0.05) is 33.2 Å². The summed E-state index contributed by atoms with van der Waals surface area (Å²) in [6.07, 6.45) is 0. The maximum Gasteiger partial charge on any atom is 0.164 e. The molecule has 4 nitrogen and oxygen atoms in total. The second-order valence-electron chi connectivity index (χ2n) is 15.3. The molecule has 0 amide bonds. The summed E-state index contributed by atoms with van der Waals surface area (Å²) in [6.45, 7) is 0. The van der Waals surface area contributed by atoms with Gasteiger partial charge in [-0.05, 0) is 68.8 Å². The van der Waals surface area contributed by atoms with Gasteiger partial charge in [-0.2, -0.15) is 0 Å². The number of nitrogens with zero attached hydrogens (tertiary/aromatic N) is 4. The number of fused-ring (bicyclic) bond motifs is 3. The lowest BCUT2D eigenvalue weighted by molar-refractivity contribution is 1.07. The average Bonchev–Trinajstić information content (AvgIpc) is 3.68. The summed E-state index contributed by atoms with van der Waals surface area (Å²) in [5, 5.41) is 2.36. The lowest BCUT2D eigenvalue weighted by Crippen LogP contribution is -2.00. The maximum atomic E-state index is 5.20. The first-order valence-electron chi connectivity index (χ1n) is 20.6. The SMILES string of the molecule is c1ccc(-c2ccc(-c3ccc(-c4nc(-c5ccc(-c6ccccc6)cc5)nc(-c5ccc6c7ccccc7n(-c7cccc(-c8ccccc8)c7)c6c5)n4)cc3)cc2)cc1. The molecule has 0 saturated heterocycles. The summed E-state index contributed by atoms with van der Waals surface area (Å²) in [6, 6.07) is 81.2. The number of hydrogen-bond donors (Lipinski definition) is 0. The molecule has 0 atom stereocenters. The highest BCUT2D eigenvalue weighted by Crippen LogP contribution is 2.36. The van der Waals surface area contributed by atoms with Crippen LogP contribution in [0.4, 0.5) is 0 Å². The van der Waals surface area contributed by atoms with Gasteiger partial charge < -0.3 is 4.57 Å². The molecule has 0 aliphatic rings. The van der Waals surface area contributed by atoms with Gasteiger partial charge in [-0.15, -0.1) is 0 Å². The van der Waals surface area contributed by atoms with E-state index in [1.807, 2.05) is 12.1 Å². The van der Waals surface area contributed by atoms with E-state index >= 15 is 0 Å². The largest absolute Gasteiger partial charge is 0.309 e. The number of benzene rings is 9. The highest BCUT2D eigenvalue weighted by Gasteiger charge is 2.17. The van der Waals surface area contributed by atoms with Gasteiger partial charge in [-0.25, -0.2) is 15.0 Å². The van der Waals surface area contributed by atoms with Crippen LogP contribution in [0.3, 0.4) is 0 Å². The molecule has 0 unspecified atom stereocenters. The fourth-order valence-electron chi connectivity index (χ4n) is 8.35. The van der Waals surface area contributed by atoms with Gasteiger partial charge in [0.05, 0.1) is 11.0 Å². The highest BCUT2D eigenvalue weighted by atomic mass is 15.0. The number of rotatable bonds is 8. The molecule has 2 heterocycles. The topological polar surface area (TPSA) is 43.6 Å². The van der Waals surface area contributed by atoms with Crippen molar-refractivity contribution in [3.05, 3.63) is 231 Å². The van der Waals surface area contributed by atoms with Crippen LogP contribution in [-0.4, -0.2) is 19.5 Å². The minimum Gasteiger partial charge on any atom is -0.309 e. The van der Waals surface area contributed by atoms with E-state index in [-0.39, 0.29) is 0 Å². The monoisotopic (exact) mass is 778 g/mol. The summed E-state index contributed by atoms with van der Waals surface area (Å²) in [5.41, 5.74) is 15.4. The van der Waals surface area contributed by atoms with Crippen molar-refractivity contribution in [2.45, 2.75) is 0 Å². The van der Waals surface area contributed by atoms with Crippen LogP contribution in [0.25, 0.3) is 106 Å². The standard InChI is InChI=1S/C57H38N4/c1-4-13-39(14-5-1)42-23-25-44(26-24-42)45-29-33-47(34-30-45)56-58-55(46-31-27-43(28-32-46)40-15-6-2-7-16-40)59-57(60-56)49-35-36-52-51-21-10-11-22-53(51)61(54(52)38-49)50-20-12-19-48(37-50)41-17-8-3-9-18-41/h1-38H. The predicted octanol–water partition coefficient (Wildman–Crippen LogP) is 14.6. The van der Waals surface area contributed by atoms with E-state index in [9.17, 15) is 0 Å². The van der Waals surface area contributed by atoms with Crippen LogP contribution < -0.4 is 0 Å². The van der Waals surface area contributed by atoms with Gasteiger partial charge in [-0.3, -0.25) is 0 Å². The number of hydrogen-bond acceptors (Lipinski definition) is 3. The van der Waals surface area contributed by atoms with Gasteiger partial charge in [0.1, 0.15) is 0 Å². The van der Waals surface area contributed by atoms with E-state index < -0.39 is 0 Å². The van der Waals surface area contributed by atoms with Gasteiger partial charge in [0.2, 0.25) is 0 Å². The average molecular weight is 779 g/mol. The first-order chi connectivity index (χ1) is 30.2. The molecule has 0 saturated carbocycles. The normalized spacial score (nSPS) is 11.3. The first kappa shape index (κ1) is 35.9. The molecule has 0 spiro atoms.